The van der Waals surface area contributed by atoms with Crippen LogP contribution in [0, 0.1) is 11.3 Å². The van der Waals surface area contributed by atoms with Gasteiger partial charge >= 0.3 is 0 Å². The van der Waals surface area contributed by atoms with Gasteiger partial charge in [-0.15, -0.1) is 0 Å². The second-order valence-electron chi connectivity index (χ2n) is 2.39. The zero-order valence-corrected chi connectivity index (χ0v) is 7.16. The van der Waals surface area contributed by atoms with Crippen molar-refractivity contribution in [1.82, 2.24) is 15.6 Å². The lowest BCUT2D eigenvalue weighted by atomic mass is 10.3. The van der Waals surface area contributed by atoms with E-state index in [0.717, 1.165) is 0 Å². The van der Waals surface area contributed by atoms with Crippen LogP contribution in [0.1, 0.15) is 5.56 Å². The average molecular weight is 195 g/mol. The van der Waals surface area contributed by atoms with Gasteiger partial charge in [0.05, 0.1) is 6.54 Å². The second-order valence-corrected chi connectivity index (χ2v) is 2.39. The third kappa shape index (κ3) is 1.90. The molecule has 0 aromatic carbocycles. The number of nitrogens with two attached hydrogens (primary N) is 2. The van der Waals surface area contributed by atoms with E-state index in [-0.39, 0.29) is 23.7 Å². The van der Waals surface area contributed by atoms with Crippen molar-refractivity contribution < 1.29 is 4.79 Å². The Morgan fingerprint density at radius 1 is 1.71 bits per heavy atom. The van der Waals surface area contributed by atoms with Crippen LogP contribution in [0.25, 0.3) is 0 Å². The van der Waals surface area contributed by atoms with Crippen LogP contribution < -0.4 is 22.3 Å². The minimum absolute atomic E-state index is 0.0739. The van der Waals surface area contributed by atoms with Crippen molar-refractivity contribution in [3.05, 3.63) is 5.56 Å². The van der Waals surface area contributed by atoms with Crippen molar-refractivity contribution in [3.8, 4) is 6.07 Å². The van der Waals surface area contributed by atoms with Crippen LogP contribution in [0.3, 0.4) is 0 Å². The van der Waals surface area contributed by atoms with E-state index in [1.54, 1.807) is 0 Å². The summed E-state index contributed by atoms with van der Waals surface area (Å²) in [6.07, 6.45) is 0. The SMILES string of the molecule is N#Cc1c(NCC(=O)NN)n[nH]c1N. The van der Waals surface area contributed by atoms with E-state index in [2.05, 4.69) is 15.5 Å². The first-order valence-corrected chi connectivity index (χ1v) is 3.66. The molecule has 1 aromatic rings. The molecule has 0 aliphatic rings. The zero-order chi connectivity index (χ0) is 10.6. The maximum Gasteiger partial charge on any atom is 0.253 e. The van der Waals surface area contributed by atoms with Crippen LogP contribution >= 0.6 is 0 Å². The first kappa shape index (κ1) is 9.82. The van der Waals surface area contributed by atoms with Crippen molar-refractivity contribution in [1.29, 1.82) is 5.26 Å². The lowest BCUT2D eigenvalue weighted by molar-refractivity contribution is -0.119. The summed E-state index contributed by atoms with van der Waals surface area (Å²) in [6.45, 7) is -0.0739. The molecule has 14 heavy (non-hydrogen) atoms. The number of carbonyl (C=O) groups is 1. The van der Waals surface area contributed by atoms with Crippen molar-refractivity contribution in [2.24, 2.45) is 5.84 Å². The molecule has 0 unspecified atom stereocenters. The van der Waals surface area contributed by atoms with Gasteiger partial charge in [0.15, 0.2) is 5.82 Å². The number of nitrogens with zero attached hydrogens (tertiary/aromatic N) is 2. The van der Waals surface area contributed by atoms with Crippen LogP contribution in [0.2, 0.25) is 0 Å². The lowest BCUT2D eigenvalue weighted by Crippen LogP contribution is -2.35. The summed E-state index contributed by atoms with van der Waals surface area (Å²) in [4.78, 5) is 10.7. The molecule has 8 nitrogen and oxygen atoms in total. The quantitative estimate of drug-likeness (QED) is 0.220. The number of nitrogen functional groups attached to an aromatic ring is 1. The van der Waals surface area contributed by atoms with Gasteiger partial charge in [0, 0.05) is 0 Å². The summed E-state index contributed by atoms with van der Waals surface area (Å²) in [6, 6.07) is 1.84. The van der Waals surface area contributed by atoms with E-state index >= 15 is 0 Å². The highest BCUT2D eigenvalue weighted by atomic mass is 16.2. The smallest absolute Gasteiger partial charge is 0.253 e. The number of aromatic amines is 1. The summed E-state index contributed by atoms with van der Waals surface area (Å²) < 4.78 is 0. The van der Waals surface area contributed by atoms with E-state index in [1.807, 2.05) is 11.5 Å². The molecule has 74 valence electrons. The molecule has 7 N–H and O–H groups in total. The van der Waals surface area contributed by atoms with Crippen LogP contribution in [0.15, 0.2) is 0 Å². The van der Waals surface area contributed by atoms with E-state index in [1.165, 1.54) is 0 Å². The number of anilines is 2. The molecule has 0 saturated carbocycles. The lowest BCUT2D eigenvalue weighted by Gasteiger charge is -2.00. The summed E-state index contributed by atoms with van der Waals surface area (Å²) >= 11 is 0. The molecule has 0 saturated heterocycles. The fourth-order valence-electron chi connectivity index (χ4n) is 0.812. The number of nitriles is 1. The Morgan fingerprint density at radius 2 is 2.43 bits per heavy atom. The molecule has 0 aliphatic carbocycles. The number of aromatic nitrogens is 2. The first-order valence-electron chi connectivity index (χ1n) is 3.66. The first-order chi connectivity index (χ1) is 6.69. The molecular weight excluding hydrogens is 186 g/mol. The molecule has 0 fully saturated rings. The average Bonchev–Trinajstić information content (AvgIpc) is 2.55. The van der Waals surface area contributed by atoms with Gasteiger partial charge in [0.1, 0.15) is 17.5 Å². The Balaban J connectivity index is 2.68. The minimum atomic E-state index is -0.421. The normalized spacial score (nSPS) is 9.14. The molecule has 1 heterocycles. The monoisotopic (exact) mass is 195 g/mol. The second kappa shape index (κ2) is 4.11. The highest BCUT2D eigenvalue weighted by molar-refractivity contribution is 5.80. The van der Waals surface area contributed by atoms with E-state index < -0.39 is 5.91 Å². The Labute approximate surface area is 79.2 Å². The summed E-state index contributed by atoms with van der Waals surface area (Å²) in [7, 11) is 0. The maximum atomic E-state index is 10.7. The number of carbonyl (C=O) groups excluding carboxylic acids is 1. The topological polar surface area (TPSA) is 146 Å². The summed E-state index contributed by atoms with van der Waals surface area (Å²) in [5, 5.41) is 17.4. The largest absolute Gasteiger partial charge is 0.383 e. The third-order valence-electron chi connectivity index (χ3n) is 1.48. The van der Waals surface area contributed by atoms with Gasteiger partial charge < -0.3 is 11.1 Å². The Morgan fingerprint density at radius 3 is 3.00 bits per heavy atom. The fraction of sp³-hybridized carbons (Fsp3) is 0.167. The van der Waals surface area contributed by atoms with E-state index in [4.69, 9.17) is 16.8 Å². The highest BCUT2D eigenvalue weighted by Crippen LogP contribution is 2.15. The molecule has 1 rings (SSSR count). The van der Waals surface area contributed by atoms with Gasteiger partial charge in [-0.3, -0.25) is 15.3 Å². The van der Waals surface area contributed by atoms with Crippen LogP contribution in [0.5, 0.6) is 0 Å². The van der Waals surface area contributed by atoms with Gasteiger partial charge in [-0.05, 0) is 0 Å². The zero-order valence-electron chi connectivity index (χ0n) is 7.16. The number of rotatable bonds is 3. The molecule has 0 bridgehead atoms. The van der Waals surface area contributed by atoms with Crippen molar-refractivity contribution in [2.75, 3.05) is 17.6 Å². The number of hydrazine groups is 1. The Bertz CT molecular complexity index is 376. The van der Waals surface area contributed by atoms with E-state index in [0.29, 0.717) is 0 Å². The fourth-order valence-corrected chi connectivity index (χ4v) is 0.812. The number of hydrogen-bond donors (Lipinski definition) is 5. The van der Waals surface area contributed by atoms with Crippen molar-refractivity contribution in [2.45, 2.75) is 0 Å². The minimum Gasteiger partial charge on any atom is -0.383 e. The number of hydrogen-bond acceptors (Lipinski definition) is 6. The third-order valence-corrected chi connectivity index (χ3v) is 1.48. The van der Waals surface area contributed by atoms with Gasteiger partial charge in [-0.2, -0.15) is 10.4 Å². The number of nitrogens with one attached hydrogen (secondary N) is 3. The number of H-pyrrole nitrogens is 1. The Hall–Kier alpha value is -2.27. The van der Waals surface area contributed by atoms with Gasteiger partial charge in [-0.25, -0.2) is 5.84 Å². The highest BCUT2D eigenvalue weighted by Gasteiger charge is 2.10. The molecule has 0 atom stereocenters. The van der Waals surface area contributed by atoms with Gasteiger partial charge in [0.25, 0.3) is 5.91 Å². The molecule has 1 aromatic heterocycles. The van der Waals surface area contributed by atoms with Crippen molar-refractivity contribution in [3.63, 3.8) is 0 Å². The van der Waals surface area contributed by atoms with E-state index in [9.17, 15) is 4.79 Å². The predicted molar refractivity (Wildman–Crippen MR) is 48.5 cm³/mol. The maximum absolute atomic E-state index is 10.7. The summed E-state index contributed by atoms with van der Waals surface area (Å²) in [5.41, 5.74) is 7.49. The Kier molecular flexibility index (Phi) is 2.88. The molecule has 0 aliphatic heterocycles. The van der Waals surface area contributed by atoms with Gasteiger partial charge in [0.2, 0.25) is 0 Å². The molecular formula is C6H9N7O. The van der Waals surface area contributed by atoms with Crippen LogP contribution in [-0.2, 0) is 4.79 Å². The molecule has 1 amide bonds. The van der Waals surface area contributed by atoms with Crippen LogP contribution in [0.4, 0.5) is 11.6 Å². The van der Waals surface area contributed by atoms with Gasteiger partial charge in [-0.1, -0.05) is 0 Å². The van der Waals surface area contributed by atoms with Crippen molar-refractivity contribution >= 4 is 17.5 Å². The number of amides is 1. The molecule has 0 radical (unpaired) electrons. The molecule has 0 spiro atoms. The predicted octanol–water partition coefficient (Wildman–Crippen LogP) is -1.73. The molecule has 8 heteroatoms. The van der Waals surface area contributed by atoms with Crippen LogP contribution in [-0.4, -0.2) is 22.6 Å². The summed E-state index contributed by atoms with van der Waals surface area (Å²) in [5.74, 6) is 4.82. The standard InChI is InChI=1S/C6H9N7O/c7-1-3-5(8)12-13-6(3)10-2-4(14)11-9/h2,9H2,(H,11,14)(H4,8,10,12,13).